The third-order valence-electron chi connectivity index (χ3n) is 0.774. The fourth-order valence-electron chi connectivity index (χ4n) is 0.308. The first-order valence-electron chi connectivity index (χ1n) is 2.95. The van der Waals surface area contributed by atoms with Gasteiger partial charge in [-0.25, -0.2) is 0 Å². The van der Waals surface area contributed by atoms with Crippen LogP contribution in [-0.4, -0.2) is 29.3 Å². The van der Waals surface area contributed by atoms with E-state index in [4.69, 9.17) is 5.11 Å². The van der Waals surface area contributed by atoms with Gasteiger partial charge in [-0.1, -0.05) is 7.43 Å². The molecule has 6 nitrogen and oxygen atoms in total. The molecule has 1 saturated heterocycles. The van der Waals surface area contributed by atoms with E-state index in [1.165, 1.54) is 0 Å². The fourth-order valence-corrected chi connectivity index (χ4v) is 0.308. The zero-order chi connectivity index (χ0) is 9.56. The largest absolute Gasteiger partial charge is 0.481 e. The second kappa shape index (κ2) is 6.96. The molecule has 0 aliphatic carbocycles. The molecular weight excluding hydrogens is 180 g/mol. The number of carboxylic acid groups (broad SMARTS) is 1. The zero-order valence-corrected chi connectivity index (χ0v) is 5.98. The van der Waals surface area contributed by atoms with Gasteiger partial charge in [0.1, 0.15) is 19.1 Å². The van der Waals surface area contributed by atoms with Crippen molar-refractivity contribution < 1.29 is 29.0 Å². The Morgan fingerprint density at radius 2 is 1.85 bits per heavy atom. The summed E-state index contributed by atoms with van der Waals surface area (Å²) >= 11 is 0. The maximum atomic E-state index is 9.67. The molecule has 1 fully saturated rings. The van der Waals surface area contributed by atoms with Gasteiger partial charge in [-0.2, -0.15) is 0 Å². The molecule has 0 spiro atoms. The van der Waals surface area contributed by atoms with E-state index < -0.39 is 17.9 Å². The molecule has 1 aliphatic heterocycles. The first kappa shape index (κ1) is 13.8. The average Bonchev–Trinajstić information content (AvgIpc) is 1.85. The molecule has 1 heterocycles. The van der Waals surface area contributed by atoms with Crippen molar-refractivity contribution in [2.24, 2.45) is 0 Å². The number of aldehydes is 1. The van der Waals surface area contributed by atoms with Crippen molar-refractivity contribution in [3.05, 3.63) is 0 Å². The lowest BCUT2D eigenvalue weighted by atomic mass is 10.4. The van der Waals surface area contributed by atoms with E-state index in [9.17, 15) is 19.2 Å². The van der Waals surface area contributed by atoms with E-state index >= 15 is 0 Å². The number of aliphatic carboxylic acids is 1. The number of hydrogen-bond acceptors (Lipinski definition) is 5. The van der Waals surface area contributed by atoms with Gasteiger partial charge in [-0.05, 0) is 0 Å². The number of ether oxygens (including phenoxy) is 1. The van der Waals surface area contributed by atoms with Crippen molar-refractivity contribution in [2.75, 3.05) is 0 Å². The Labute approximate surface area is 74.5 Å². The Balaban J connectivity index is 0. The smallest absolute Gasteiger partial charge is 0.324 e. The van der Waals surface area contributed by atoms with Gasteiger partial charge in [0.05, 0.1) is 0 Å². The van der Waals surface area contributed by atoms with Gasteiger partial charge in [-0.15, -0.1) is 0 Å². The summed E-state index contributed by atoms with van der Waals surface area (Å²) in [5, 5.41) is 7.68. The van der Waals surface area contributed by atoms with Crippen LogP contribution in [0.15, 0.2) is 0 Å². The van der Waals surface area contributed by atoms with Crippen LogP contribution < -0.4 is 0 Å². The van der Waals surface area contributed by atoms with Crippen molar-refractivity contribution in [1.29, 1.82) is 0 Å². The van der Waals surface area contributed by atoms with Crippen LogP contribution >= 0.6 is 0 Å². The molecule has 0 bridgehead atoms. The van der Waals surface area contributed by atoms with Crippen LogP contribution in [0.5, 0.6) is 0 Å². The van der Waals surface area contributed by atoms with Gasteiger partial charge in [0, 0.05) is 0 Å². The lowest BCUT2D eigenvalue weighted by molar-refractivity contribution is -0.174. The molecule has 0 radical (unpaired) electrons. The Morgan fingerprint density at radius 1 is 1.46 bits per heavy atom. The third-order valence-corrected chi connectivity index (χ3v) is 0.774. The van der Waals surface area contributed by atoms with E-state index in [2.05, 4.69) is 4.74 Å². The second-order valence-corrected chi connectivity index (χ2v) is 1.79. The predicted molar refractivity (Wildman–Crippen MR) is 40.8 cm³/mol. The van der Waals surface area contributed by atoms with Gasteiger partial charge in [0.15, 0.2) is 0 Å². The normalized spacial score (nSPS) is 12.3. The van der Waals surface area contributed by atoms with Crippen LogP contribution in [0.1, 0.15) is 20.3 Å². The summed E-state index contributed by atoms with van der Waals surface area (Å²) in [7, 11) is 0. The topological polar surface area (TPSA) is 97.7 Å². The maximum absolute atomic E-state index is 9.67. The molecule has 0 atom stereocenters. The Hall–Kier alpha value is -1.72. The maximum Gasteiger partial charge on any atom is 0.324 e. The molecule has 0 unspecified atom stereocenters. The quantitative estimate of drug-likeness (QED) is 0.366. The SMILES string of the molecule is C.O=C1CC(=O)O1.O=CCC(=O)O. The van der Waals surface area contributed by atoms with E-state index in [0.717, 1.165) is 0 Å². The fraction of sp³-hybridized carbons (Fsp3) is 0.429. The van der Waals surface area contributed by atoms with Crippen LogP contribution in [0.2, 0.25) is 0 Å². The highest BCUT2D eigenvalue weighted by Gasteiger charge is 2.24. The Morgan fingerprint density at radius 3 is 1.85 bits per heavy atom. The van der Waals surface area contributed by atoms with Crippen molar-refractivity contribution in [3.8, 4) is 0 Å². The number of carboxylic acids is 1. The molecule has 1 N–H and O–H groups in total. The molecule has 74 valence electrons. The summed E-state index contributed by atoms with van der Waals surface area (Å²) < 4.78 is 3.86. The zero-order valence-electron chi connectivity index (χ0n) is 5.98. The van der Waals surface area contributed by atoms with E-state index in [0.29, 0.717) is 6.29 Å². The number of esters is 2. The monoisotopic (exact) mass is 190 g/mol. The molecule has 13 heavy (non-hydrogen) atoms. The number of rotatable bonds is 2. The predicted octanol–water partition coefficient (Wildman–Crippen LogP) is -0.244. The van der Waals surface area contributed by atoms with Gasteiger partial charge < -0.3 is 14.6 Å². The van der Waals surface area contributed by atoms with Crippen molar-refractivity contribution in [3.63, 3.8) is 0 Å². The molecule has 1 rings (SSSR count). The Bertz CT molecular complexity index is 187. The number of cyclic esters (lactones) is 2. The van der Waals surface area contributed by atoms with Crippen molar-refractivity contribution >= 4 is 24.2 Å². The summed E-state index contributed by atoms with van der Waals surface area (Å²) in [6, 6.07) is 0. The van der Waals surface area contributed by atoms with E-state index in [-0.39, 0.29) is 20.3 Å². The summed E-state index contributed by atoms with van der Waals surface area (Å²) in [6.45, 7) is 0. The number of carbonyl (C=O) groups is 4. The molecule has 0 amide bonds. The first-order chi connectivity index (χ1) is 5.56. The number of carbonyl (C=O) groups excluding carboxylic acids is 3. The standard InChI is InChI=1S/C3H2O3.C3H4O3.CH4/c4-2-1-3(5)6-2;4-2-1-3(5)6;/h1H2;2H,1H2,(H,5,6);1H4. The minimum Gasteiger partial charge on any atom is -0.481 e. The summed E-state index contributed by atoms with van der Waals surface area (Å²) in [5.74, 6) is -1.91. The molecule has 0 aromatic carbocycles. The minimum atomic E-state index is -1.08. The highest BCUT2D eigenvalue weighted by molar-refractivity contribution is 6.06. The molecule has 0 aromatic heterocycles. The summed E-state index contributed by atoms with van der Waals surface area (Å²) in [4.78, 5) is 37.9. The molecule has 6 heteroatoms. The van der Waals surface area contributed by atoms with Crippen LogP contribution in [0.25, 0.3) is 0 Å². The number of hydrogen-bond donors (Lipinski definition) is 1. The lowest BCUT2D eigenvalue weighted by Crippen LogP contribution is -2.26. The molecule has 0 saturated carbocycles. The highest BCUT2D eigenvalue weighted by Crippen LogP contribution is 2.00. The highest BCUT2D eigenvalue weighted by atomic mass is 16.6. The van der Waals surface area contributed by atoms with Crippen molar-refractivity contribution in [1.82, 2.24) is 0 Å². The van der Waals surface area contributed by atoms with Gasteiger partial charge in [0.25, 0.3) is 0 Å². The second-order valence-electron chi connectivity index (χ2n) is 1.79. The first-order valence-corrected chi connectivity index (χ1v) is 2.95. The Kier molecular flexibility index (Phi) is 7.41. The van der Waals surface area contributed by atoms with E-state index in [1.54, 1.807) is 0 Å². The molecule has 0 aromatic rings. The van der Waals surface area contributed by atoms with Gasteiger partial charge in [-0.3, -0.25) is 14.4 Å². The summed E-state index contributed by atoms with van der Waals surface area (Å²) in [5.41, 5.74) is 0. The molecular formula is C7H10O6. The van der Waals surface area contributed by atoms with Crippen LogP contribution in [0, 0.1) is 0 Å². The third kappa shape index (κ3) is 8.18. The minimum absolute atomic E-state index is 0. The molecule has 1 aliphatic rings. The van der Waals surface area contributed by atoms with Gasteiger partial charge >= 0.3 is 17.9 Å². The summed E-state index contributed by atoms with van der Waals surface area (Å²) in [6.07, 6.45) is -0.0671. The average molecular weight is 190 g/mol. The van der Waals surface area contributed by atoms with Crippen molar-refractivity contribution in [2.45, 2.75) is 20.3 Å². The lowest BCUT2D eigenvalue weighted by Gasteiger charge is -2.06. The van der Waals surface area contributed by atoms with Crippen LogP contribution in [-0.2, 0) is 23.9 Å². The van der Waals surface area contributed by atoms with Crippen LogP contribution in [0.3, 0.4) is 0 Å². The van der Waals surface area contributed by atoms with E-state index in [1.807, 2.05) is 0 Å². The van der Waals surface area contributed by atoms with Gasteiger partial charge in [0.2, 0.25) is 0 Å². The van der Waals surface area contributed by atoms with Crippen LogP contribution in [0.4, 0.5) is 0 Å².